The maximum absolute atomic E-state index is 11.1. The number of hydrogen-bond acceptors (Lipinski definition) is 2. The zero-order chi connectivity index (χ0) is 12.9. The van der Waals surface area contributed by atoms with E-state index in [0.717, 1.165) is 5.56 Å². The average molecular weight is 232 g/mol. The molecule has 17 heavy (non-hydrogen) atoms. The van der Waals surface area contributed by atoms with E-state index in [1.165, 1.54) is 5.56 Å². The number of amides is 1. The van der Waals surface area contributed by atoms with Crippen LogP contribution in [0, 0.1) is 0 Å². The van der Waals surface area contributed by atoms with Crippen LogP contribution in [-0.2, 0) is 16.8 Å². The summed E-state index contributed by atoms with van der Waals surface area (Å²) >= 11 is 0. The minimum atomic E-state index is -0.424. The molecule has 1 N–H and O–H groups in total. The van der Waals surface area contributed by atoms with Crippen molar-refractivity contribution in [1.82, 2.24) is 5.23 Å². The molecule has 0 fully saturated rings. The van der Waals surface area contributed by atoms with Crippen LogP contribution in [0.1, 0.15) is 31.9 Å². The van der Waals surface area contributed by atoms with Gasteiger partial charge < -0.3 is 9.96 Å². The van der Waals surface area contributed by atoms with Gasteiger partial charge in [0.25, 0.3) is 0 Å². The molecule has 0 spiro atoms. The molecule has 4 heteroatoms. The number of carbonyl (C=O) groups is 1. The smallest absolute Gasteiger partial charge is 0.394 e. The number of rotatable bonds is 3. The maximum atomic E-state index is 11.1. The van der Waals surface area contributed by atoms with Gasteiger partial charge in [-0.3, -0.25) is 0 Å². The van der Waals surface area contributed by atoms with Crippen LogP contribution in [0.2, 0.25) is 6.82 Å². The minimum absolute atomic E-state index is 0.147. The van der Waals surface area contributed by atoms with Gasteiger partial charge in [0.2, 0.25) is 7.41 Å². The van der Waals surface area contributed by atoms with Crippen molar-refractivity contribution >= 4 is 13.5 Å². The zero-order valence-corrected chi connectivity index (χ0v) is 10.9. The van der Waals surface area contributed by atoms with Gasteiger partial charge in [0.15, 0.2) is 0 Å². The Balaban J connectivity index is 2.54. The summed E-state index contributed by atoms with van der Waals surface area (Å²) in [6.07, 6.45) is -0.424. The molecule has 0 atom stereocenters. The lowest BCUT2D eigenvalue weighted by Crippen LogP contribution is -2.25. The lowest BCUT2D eigenvalue weighted by molar-refractivity contribution is 0.146. The Bertz CT molecular complexity index is 368. The molecule has 0 unspecified atom stereocenters. The SMILES string of the molecule is C[B]NC(=O)OCc1ccc(C(C)(C)C)cc1. The molecule has 0 aliphatic heterocycles. The van der Waals surface area contributed by atoms with Crippen LogP contribution in [0.4, 0.5) is 4.79 Å². The highest BCUT2D eigenvalue weighted by molar-refractivity contribution is 6.34. The Morgan fingerprint density at radius 2 is 1.88 bits per heavy atom. The summed E-state index contributed by atoms with van der Waals surface area (Å²) in [4.78, 5) is 11.1. The summed E-state index contributed by atoms with van der Waals surface area (Å²) < 4.78 is 5.01. The highest BCUT2D eigenvalue weighted by atomic mass is 16.5. The lowest BCUT2D eigenvalue weighted by atomic mass is 9.87. The second-order valence-electron chi connectivity index (χ2n) is 4.96. The molecule has 0 bridgehead atoms. The van der Waals surface area contributed by atoms with E-state index in [4.69, 9.17) is 4.74 Å². The lowest BCUT2D eigenvalue weighted by Gasteiger charge is -2.19. The van der Waals surface area contributed by atoms with Crippen LogP contribution in [-0.4, -0.2) is 13.5 Å². The van der Waals surface area contributed by atoms with Gasteiger partial charge in [0.1, 0.15) is 6.61 Å². The third-order valence-corrected chi connectivity index (χ3v) is 2.45. The first-order chi connectivity index (χ1) is 7.93. The van der Waals surface area contributed by atoms with E-state index in [0.29, 0.717) is 6.61 Å². The van der Waals surface area contributed by atoms with E-state index in [-0.39, 0.29) is 5.41 Å². The second kappa shape index (κ2) is 5.76. The van der Waals surface area contributed by atoms with Crippen molar-refractivity contribution in [2.75, 3.05) is 0 Å². The predicted octanol–water partition coefficient (Wildman–Crippen LogP) is 2.88. The largest absolute Gasteiger partial charge is 0.446 e. The van der Waals surface area contributed by atoms with Gasteiger partial charge in [-0.25, -0.2) is 4.79 Å². The Hall–Kier alpha value is -1.45. The summed E-state index contributed by atoms with van der Waals surface area (Å²) in [6, 6.07) is 8.12. The quantitative estimate of drug-likeness (QED) is 0.813. The van der Waals surface area contributed by atoms with Crippen molar-refractivity contribution in [3.63, 3.8) is 0 Å². The predicted molar refractivity (Wildman–Crippen MR) is 70.1 cm³/mol. The highest BCUT2D eigenvalue weighted by Gasteiger charge is 2.12. The van der Waals surface area contributed by atoms with Crippen molar-refractivity contribution in [3.05, 3.63) is 35.4 Å². The monoisotopic (exact) mass is 232 g/mol. The first kappa shape index (κ1) is 13.6. The molecule has 3 nitrogen and oxygen atoms in total. The summed E-state index contributed by atoms with van der Waals surface area (Å²) in [5.41, 5.74) is 2.41. The molecule has 1 aromatic carbocycles. The van der Waals surface area contributed by atoms with E-state index in [1.54, 1.807) is 14.2 Å². The third-order valence-electron chi connectivity index (χ3n) is 2.45. The van der Waals surface area contributed by atoms with Gasteiger partial charge in [-0.2, -0.15) is 0 Å². The van der Waals surface area contributed by atoms with Gasteiger partial charge in [-0.1, -0.05) is 51.9 Å². The number of nitrogens with one attached hydrogen (secondary N) is 1. The van der Waals surface area contributed by atoms with Crippen molar-refractivity contribution < 1.29 is 9.53 Å². The molecule has 91 valence electrons. The number of benzene rings is 1. The van der Waals surface area contributed by atoms with Crippen molar-refractivity contribution in [2.24, 2.45) is 0 Å². The fourth-order valence-electron chi connectivity index (χ4n) is 1.41. The first-order valence-electron chi connectivity index (χ1n) is 5.74. The van der Waals surface area contributed by atoms with E-state index < -0.39 is 6.09 Å². The summed E-state index contributed by atoms with van der Waals surface area (Å²) in [5, 5.41) is 2.47. The maximum Gasteiger partial charge on any atom is 0.394 e. The third kappa shape index (κ3) is 4.51. The Labute approximate surface area is 104 Å². The fourth-order valence-corrected chi connectivity index (χ4v) is 1.41. The van der Waals surface area contributed by atoms with Gasteiger partial charge in [-0.15, -0.1) is 0 Å². The van der Waals surface area contributed by atoms with Gasteiger partial charge in [-0.05, 0) is 16.5 Å². The van der Waals surface area contributed by atoms with Crippen molar-refractivity contribution in [3.8, 4) is 0 Å². The molecule has 1 radical (unpaired) electrons. The molecular weight excluding hydrogens is 213 g/mol. The second-order valence-corrected chi connectivity index (χ2v) is 4.96. The van der Waals surface area contributed by atoms with E-state index in [9.17, 15) is 4.79 Å². The van der Waals surface area contributed by atoms with Crippen molar-refractivity contribution in [1.29, 1.82) is 0 Å². The Morgan fingerprint density at radius 1 is 1.29 bits per heavy atom. The molecule has 0 aromatic heterocycles. The van der Waals surface area contributed by atoms with Crippen LogP contribution in [0.5, 0.6) is 0 Å². The minimum Gasteiger partial charge on any atom is -0.446 e. The van der Waals surface area contributed by atoms with Crippen LogP contribution in [0.25, 0.3) is 0 Å². The summed E-state index contributed by atoms with van der Waals surface area (Å²) in [6.45, 7) is 8.54. The molecule has 0 heterocycles. The Morgan fingerprint density at radius 3 is 2.35 bits per heavy atom. The summed E-state index contributed by atoms with van der Waals surface area (Å²) in [5.74, 6) is 0. The van der Waals surface area contributed by atoms with Crippen LogP contribution < -0.4 is 5.23 Å². The van der Waals surface area contributed by atoms with Crippen LogP contribution >= 0.6 is 0 Å². The van der Waals surface area contributed by atoms with Crippen LogP contribution in [0.3, 0.4) is 0 Å². The molecule has 1 rings (SSSR count). The molecule has 0 saturated heterocycles. The first-order valence-corrected chi connectivity index (χ1v) is 5.74. The Kier molecular flexibility index (Phi) is 4.61. The van der Waals surface area contributed by atoms with E-state index >= 15 is 0 Å². The molecule has 1 amide bonds. The number of hydrogen-bond donors (Lipinski definition) is 1. The van der Waals surface area contributed by atoms with E-state index in [2.05, 4.69) is 38.1 Å². The molecule has 0 saturated carbocycles. The molecular formula is C13H19BNO2. The van der Waals surface area contributed by atoms with Crippen LogP contribution in [0.15, 0.2) is 24.3 Å². The zero-order valence-electron chi connectivity index (χ0n) is 10.9. The van der Waals surface area contributed by atoms with Gasteiger partial charge in [0.05, 0.1) is 0 Å². The number of carbonyl (C=O) groups excluding carboxylic acids is 1. The standard InChI is InChI=1S/C13H19BNO2/c1-13(2,3)11-7-5-10(6-8-11)9-17-12(16)15-14-4/h5-8H,9H2,1-4H3,(H,15,16). The highest BCUT2D eigenvalue weighted by Crippen LogP contribution is 2.22. The van der Waals surface area contributed by atoms with E-state index in [1.807, 2.05) is 12.1 Å². The topological polar surface area (TPSA) is 38.3 Å². The molecule has 0 aliphatic carbocycles. The summed E-state index contributed by atoms with van der Waals surface area (Å²) in [7, 11) is 1.55. The fraction of sp³-hybridized carbons (Fsp3) is 0.462. The van der Waals surface area contributed by atoms with Gasteiger partial charge >= 0.3 is 6.09 Å². The molecule has 1 aromatic rings. The van der Waals surface area contributed by atoms with Crippen molar-refractivity contribution in [2.45, 2.75) is 39.6 Å². The molecule has 0 aliphatic rings. The normalized spacial score (nSPS) is 10.8. The van der Waals surface area contributed by atoms with Gasteiger partial charge in [0, 0.05) is 0 Å². The number of ether oxygens (including phenoxy) is 1. The average Bonchev–Trinajstić information content (AvgIpc) is 2.26.